The Balaban J connectivity index is 2.74. The lowest BCUT2D eigenvalue weighted by Crippen LogP contribution is -2.28. The minimum atomic E-state index is -3.42. The van der Waals surface area contributed by atoms with Crippen molar-refractivity contribution in [2.45, 2.75) is 45.1 Å². The molecule has 20 heavy (non-hydrogen) atoms. The second-order valence-electron chi connectivity index (χ2n) is 4.89. The molecule has 0 aliphatic heterocycles. The van der Waals surface area contributed by atoms with E-state index in [1.54, 1.807) is 6.07 Å². The highest BCUT2D eigenvalue weighted by molar-refractivity contribution is 9.11. The molecule has 0 amide bonds. The average Bonchev–Trinajstić information content (AvgIpc) is 2.78. The van der Waals surface area contributed by atoms with Gasteiger partial charge in [0.25, 0.3) is 0 Å². The molecule has 0 saturated carbocycles. The summed E-state index contributed by atoms with van der Waals surface area (Å²) in [5, 5.41) is 3.28. The van der Waals surface area contributed by atoms with Gasteiger partial charge in [-0.15, -0.1) is 11.3 Å². The minimum Gasteiger partial charge on any atom is -0.312 e. The van der Waals surface area contributed by atoms with Gasteiger partial charge in [0.1, 0.15) is 4.90 Å². The highest BCUT2D eigenvalue weighted by Gasteiger charge is 2.21. The van der Waals surface area contributed by atoms with Gasteiger partial charge in [-0.3, -0.25) is 0 Å². The molecule has 1 aromatic rings. The second kappa shape index (κ2) is 8.48. The Morgan fingerprint density at radius 3 is 2.70 bits per heavy atom. The summed E-state index contributed by atoms with van der Waals surface area (Å²) in [6.45, 7) is 8.31. The van der Waals surface area contributed by atoms with Crippen LogP contribution in [0.15, 0.2) is 14.7 Å². The van der Waals surface area contributed by atoms with E-state index in [0.29, 0.717) is 27.7 Å². The van der Waals surface area contributed by atoms with Crippen molar-refractivity contribution in [2.24, 2.45) is 5.92 Å². The number of halogens is 1. The molecule has 116 valence electrons. The highest BCUT2D eigenvalue weighted by Crippen LogP contribution is 2.31. The Hall–Kier alpha value is 0.0500. The van der Waals surface area contributed by atoms with Gasteiger partial charge in [-0.2, -0.15) is 0 Å². The van der Waals surface area contributed by atoms with E-state index in [1.165, 1.54) is 11.3 Å². The molecule has 1 atom stereocenters. The Morgan fingerprint density at radius 1 is 1.40 bits per heavy atom. The number of nitrogens with one attached hydrogen (secondary N) is 2. The fourth-order valence-corrected chi connectivity index (χ4v) is 5.35. The molecule has 0 bridgehead atoms. The molecular weight excluding hydrogens is 360 g/mol. The predicted octanol–water partition coefficient (Wildman–Crippen LogP) is 3.33. The molecule has 0 aliphatic carbocycles. The topological polar surface area (TPSA) is 58.2 Å². The van der Waals surface area contributed by atoms with Crippen LogP contribution in [-0.2, 0) is 16.6 Å². The van der Waals surface area contributed by atoms with Crippen LogP contribution < -0.4 is 10.0 Å². The first kappa shape index (κ1) is 18.1. The maximum Gasteiger partial charge on any atom is 0.242 e. The molecule has 1 heterocycles. The second-order valence-corrected chi connectivity index (χ2v) is 9.08. The number of hydrogen-bond acceptors (Lipinski definition) is 4. The molecule has 0 aromatic carbocycles. The standard InChI is InChI=1S/C13H23BrN2O2S2/c1-4-6-15-9-11-7-12(13(14)19-11)20(17,18)16-8-10(3)5-2/h7,10,15-16H,4-6,8-9H2,1-3H3. The first-order valence-electron chi connectivity index (χ1n) is 6.89. The van der Waals surface area contributed by atoms with Gasteiger partial charge in [0.15, 0.2) is 0 Å². The smallest absolute Gasteiger partial charge is 0.242 e. The first-order chi connectivity index (χ1) is 9.40. The summed E-state index contributed by atoms with van der Waals surface area (Å²) in [6, 6.07) is 1.75. The first-order valence-corrected chi connectivity index (χ1v) is 9.98. The lowest BCUT2D eigenvalue weighted by molar-refractivity contribution is 0.528. The van der Waals surface area contributed by atoms with E-state index in [9.17, 15) is 8.42 Å². The van der Waals surface area contributed by atoms with E-state index >= 15 is 0 Å². The maximum atomic E-state index is 12.3. The van der Waals surface area contributed by atoms with Crippen LogP contribution in [0.4, 0.5) is 0 Å². The van der Waals surface area contributed by atoms with Gasteiger partial charge in [-0.05, 0) is 40.9 Å². The summed E-state index contributed by atoms with van der Waals surface area (Å²) in [5.41, 5.74) is 0. The van der Waals surface area contributed by atoms with Gasteiger partial charge in [0.05, 0.1) is 3.79 Å². The van der Waals surface area contributed by atoms with Crippen LogP contribution in [0.2, 0.25) is 0 Å². The summed E-state index contributed by atoms with van der Waals surface area (Å²) in [5.74, 6) is 0.341. The minimum absolute atomic E-state index is 0.341. The molecule has 1 rings (SSSR count). The number of rotatable bonds is 9. The Bertz CT molecular complexity index is 514. The summed E-state index contributed by atoms with van der Waals surface area (Å²) in [4.78, 5) is 1.37. The predicted molar refractivity (Wildman–Crippen MR) is 88.7 cm³/mol. The van der Waals surface area contributed by atoms with Crippen molar-refractivity contribution in [3.63, 3.8) is 0 Å². The van der Waals surface area contributed by atoms with Crippen molar-refractivity contribution in [2.75, 3.05) is 13.1 Å². The van der Waals surface area contributed by atoms with Gasteiger partial charge in [0, 0.05) is 18.0 Å². The average molecular weight is 383 g/mol. The monoisotopic (exact) mass is 382 g/mol. The quantitative estimate of drug-likeness (QED) is 0.643. The number of hydrogen-bond donors (Lipinski definition) is 2. The fraction of sp³-hybridized carbons (Fsp3) is 0.692. The highest BCUT2D eigenvalue weighted by atomic mass is 79.9. The van der Waals surface area contributed by atoms with Gasteiger partial charge in [-0.25, -0.2) is 13.1 Å². The van der Waals surface area contributed by atoms with Crippen LogP contribution in [0.25, 0.3) is 0 Å². The van der Waals surface area contributed by atoms with E-state index in [4.69, 9.17) is 0 Å². The van der Waals surface area contributed by atoms with Crippen LogP contribution >= 0.6 is 27.3 Å². The molecule has 0 radical (unpaired) electrons. The van der Waals surface area contributed by atoms with Crippen molar-refractivity contribution in [1.29, 1.82) is 0 Å². The fourth-order valence-electron chi connectivity index (χ4n) is 1.53. The van der Waals surface area contributed by atoms with Crippen molar-refractivity contribution in [3.8, 4) is 0 Å². The maximum absolute atomic E-state index is 12.3. The van der Waals surface area contributed by atoms with Crippen LogP contribution in [0.3, 0.4) is 0 Å². The molecule has 4 nitrogen and oxygen atoms in total. The SMILES string of the molecule is CCCNCc1cc(S(=O)(=O)NCC(C)CC)c(Br)s1. The van der Waals surface area contributed by atoms with Crippen LogP contribution in [-0.4, -0.2) is 21.5 Å². The Kier molecular flexibility index (Phi) is 7.68. The third kappa shape index (κ3) is 5.44. The van der Waals surface area contributed by atoms with Crippen molar-refractivity contribution in [3.05, 3.63) is 14.7 Å². The van der Waals surface area contributed by atoms with Gasteiger partial charge in [-0.1, -0.05) is 27.2 Å². The molecular formula is C13H23BrN2O2S2. The zero-order valence-corrected chi connectivity index (χ0v) is 15.4. The Labute approximate surface area is 134 Å². The summed E-state index contributed by atoms with van der Waals surface area (Å²) in [6.07, 6.45) is 2.02. The van der Waals surface area contributed by atoms with Crippen LogP contribution in [0.5, 0.6) is 0 Å². The van der Waals surface area contributed by atoms with E-state index in [0.717, 1.165) is 24.3 Å². The van der Waals surface area contributed by atoms with E-state index in [-0.39, 0.29) is 0 Å². The molecule has 7 heteroatoms. The summed E-state index contributed by atoms with van der Waals surface area (Å²) >= 11 is 4.82. The number of thiophene rings is 1. The zero-order valence-electron chi connectivity index (χ0n) is 12.2. The zero-order chi connectivity index (χ0) is 15.2. The molecule has 0 fully saturated rings. The van der Waals surface area contributed by atoms with Crippen LogP contribution in [0.1, 0.15) is 38.5 Å². The molecule has 0 aliphatic rings. The largest absolute Gasteiger partial charge is 0.312 e. The van der Waals surface area contributed by atoms with Gasteiger partial charge < -0.3 is 5.32 Å². The normalized spacial score (nSPS) is 13.6. The van der Waals surface area contributed by atoms with Gasteiger partial charge >= 0.3 is 0 Å². The van der Waals surface area contributed by atoms with E-state index in [2.05, 4.69) is 39.8 Å². The molecule has 1 aromatic heterocycles. The third-order valence-corrected chi connectivity index (χ3v) is 6.72. The summed E-state index contributed by atoms with van der Waals surface area (Å²) in [7, 11) is -3.42. The van der Waals surface area contributed by atoms with Crippen molar-refractivity contribution < 1.29 is 8.42 Å². The van der Waals surface area contributed by atoms with Crippen molar-refractivity contribution >= 4 is 37.3 Å². The molecule has 0 spiro atoms. The van der Waals surface area contributed by atoms with Crippen LogP contribution in [0, 0.1) is 5.92 Å². The van der Waals surface area contributed by atoms with Gasteiger partial charge in [0.2, 0.25) is 10.0 Å². The molecule has 1 unspecified atom stereocenters. The molecule has 0 saturated heterocycles. The number of sulfonamides is 1. The third-order valence-electron chi connectivity index (χ3n) is 3.04. The van der Waals surface area contributed by atoms with Crippen molar-refractivity contribution in [1.82, 2.24) is 10.0 Å². The Morgan fingerprint density at radius 2 is 2.10 bits per heavy atom. The lowest BCUT2D eigenvalue weighted by atomic mass is 10.1. The summed E-state index contributed by atoms with van der Waals surface area (Å²) < 4.78 is 27.9. The lowest BCUT2D eigenvalue weighted by Gasteiger charge is -2.10. The van der Waals surface area contributed by atoms with E-state index in [1.807, 2.05) is 6.92 Å². The van der Waals surface area contributed by atoms with E-state index < -0.39 is 10.0 Å². The molecule has 2 N–H and O–H groups in total.